The zero-order valence-electron chi connectivity index (χ0n) is 12.6. The van der Waals surface area contributed by atoms with Crippen LogP contribution in [-0.4, -0.2) is 4.57 Å². The zero-order valence-corrected chi connectivity index (χ0v) is 12.6. The van der Waals surface area contributed by atoms with E-state index in [0.717, 1.165) is 19.4 Å². The van der Waals surface area contributed by atoms with Crippen LogP contribution in [-0.2, 0) is 6.54 Å². The summed E-state index contributed by atoms with van der Waals surface area (Å²) in [5, 5.41) is 11.8. The van der Waals surface area contributed by atoms with Gasteiger partial charge in [0.2, 0.25) is 0 Å². The van der Waals surface area contributed by atoms with E-state index in [9.17, 15) is 0 Å². The first-order valence-corrected chi connectivity index (χ1v) is 7.50. The summed E-state index contributed by atoms with van der Waals surface area (Å²) in [7, 11) is 0. The molecule has 0 aliphatic carbocycles. The molecule has 106 valence electrons. The van der Waals surface area contributed by atoms with Crippen LogP contribution in [0.2, 0.25) is 0 Å². The van der Waals surface area contributed by atoms with Gasteiger partial charge in [-0.2, -0.15) is 5.26 Å². The number of fused-ring (bicyclic) bond motifs is 3. The second-order valence-electron chi connectivity index (χ2n) is 6.29. The molecule has 0 unspecified atom stereocenters. The van der Waals surface area contributed by atoms with E-state index in [1.807, 2.05) is 13.8 Å². The molecule has 3 aromatic rings. The fourth-order valence-electron chi connectivity index (χ4n) is 2.98. The Hall–Kier alpha value is -2.27. The minimum Gasteiger partial charge on any atom is -0.340 e. The average molecular weight is 276 g/mol. The lowest BCUT2D eigenvalue weighted by Crippen LogP contribution is -2.09. The smallest absolute Gasteiger partial charge is 0.0683 e. The second kappa shape index (κ2) is 5.26. The van der Waals surface area contributed by atoms with Crippen molar-refractivity contribution in [2.75, 3.05) is 0 Å². The van der Waals surface area contributed by atoms with Crippen molar-refractivity contribution in [3.05, 3.63) is 48.5 Å². The number of para-hydroxylation sites is 2. The van der Waals surface area contributed by atoms with Gasteiger partial charge in [-0.25, -0.2) is 0 Å². The summed E-state index contributed by atoms with van der Waals surface area (Å²) in [6, 6.07) is 19.5. The fourth-order valence-corrected chi connectivity index (χ4v) is 2.98. The first-order chi connectivity index (χ1) is 10.1. The van der Waals surface area contributed by atoms with Crippen LogP contribution < -0.4 is 0 Å². The summed E-state index contributed by atoms with van der Waals surface area (Å²) >= 11 is 0. The molecule has 0 bridgehead atoms. The van der Waals surface area contributed by atoms with Crippen molar-refractivity contribution in [2.24, 2.45) is 5.41 Å². The van der Waals surface area contributed by atoms with E-state index >= 15 is 0 Å². The van der Waals surface area contributed by atoms with Gasteiger partial charge in [0.25, 0.3) is 0 Å². The first kappa shape index (κ1) is 13.7. The van der Waals surface area contributed by atoms with Crippen LogP contribution in [0.15, 0.2) is 48.5 Å². The van der Waals surface area contributed by atoms with Crippen LogP contribution in [0.4, 0.5) is 0 Å². The van der Waals surface area contributed by atoms with E-state index in [4.69, 9.17) is 5.26 Å². The van der Waals surface area contributed by atoms with Gasteiger partial charge in [0.05, 0.1) is 11.5 Å². The van der Waals surface area contributed by atoms with Crippen molar-refractivity contribution >= 4 is 21.8 Å². The Balaban J connectivity index is 1.99. The predicted octanol–water partition coefficient (Wildman–Crippen LogP) is 5.12. The summed E-state index contributed by atoms with van der Waals surface area (Å²) in [5.74, 6) is 0. The molecule has 0 amide bonds. The number of nitriles is 1. The number of nitrogens with zero attached hydrogens (tertiary/aromatic N) is 2. The van der Waals surface area contributed by atoms with Crippen molar-refractivity contribution in [1.29, 1.82) is 5.26 Å². The predicted molar refractivity (Wildman–Crippen MR) is 88.1 cm³/mol. The van der Waals surface area contributed by atoms with Gasteiger partial charge in [-0.15, -0.1) is 0 Å². The quantitative estimate of drug-likeness (QED) is 0.649. The van der Waals surface area contributed by atoms with Gasteiger partial charge in [0.15, 0.2) is 0 Å². The van der Waals surface area contributed by atoms with Crippen molar-refractivity contribution in [3.63, 3.8) is 0 Å². The number of hydrogen-bond donors (Lipinski definition) is 0. The Morgan fingerprint density at radius 1 is 0.952 bits per heavy atom. The maximum absolute atomic E-state index is 9.14. The molecular weight excluding hydrogens is 256 g/mol. The molecule has 2 heteroatoms. The van der Waals surface area contributed by atoms with E-state index in [0.29, 0.717) is 0 Å². The van der Waals surface area contributed by atoms with Crippen LogP contribution in [0.1, 0.15) is 26.7 Å². The number of hydrogen-bond acceptors (Lipinski definition) is 1. The molecule has 0 saturated heterocycles. The lowest BCUT2D eigenvalue weighted by Gasteiger charge is -2.15. The highest BCUT2D eigenvalue weighted by Crippen LogP contribution is 2.30. The second-order valence-corrected chi connectivity index (χ2v) is 6.29. The molecule has 0 atom stereocenters. The third-order valence-electron chi connectivity index (χ3n) is 4.17. The number of benzene rings is 2. The maximum Gasteiger partial charge on any atom is 0.0683 e. The third kappa shape index (κ3) is 2.52. The van der Waals surface area contributed by atoms with Crippen LogP contribution in [0.3, 0.4) is 0 Å². The zero-order chi connectivity index (χ0) is 14.9. The highest BCUT2D eigenvalue weighted by Gasteiger charge is 2.16. The molecule has 0 fully saturated rings. The summed E-state index contributed by atoms with van der Waals surface area (Å²) < 4.78 is 2.39. The Kier molecular flexibility index (Phi) is 3.43. The minimum absolute atomic E-state index is 0.237. The van der Waals surface area contributed by atoms with E-state index in [-0.39, 0.29) is 5.41 Å². The first-order valence-electron chi connectivity index (χ1n) is 7.50. The summed E-state index contributed by atoms with van der Waals surface area (Å²) in [6.07, 6.45) is 1.94. The van der Waals surface area contributed by atoms with E-state index in [2.05, 4.69) is 59.2 Å². The Labute approximate surface area is 125 Å². The SMILES string of the molecule is CC(C)(C#N)CCCn1c2ccccc2c2ccccc21. The Morgan fingerprint density at radius 3 is 2.00 bits per heavy atom. The lowest BCUT2D eigenvalue weighted by molar-refractivity contribution is 0.419. The van der Waals surface area contributed by atoms with Gasteiger partial charge in [-0.05, 0) is 38.8 Å². The molecular formula is C19H20N2. The average Bonchev–Trinajstić information content (AvgIpc) is 2.82. The molecule has 0 aliphatic heterocycles. The number of aromatic nitrogens is 1. The molecule has 1 heterocycles. The molecule has 0 radical (unpaired) electrons. The Bertz CT molecular complexity index is 765. The van der Waals surface area contributed by atoms with Crippen LogP contribution >= 0.6 is 0 Å². The van der Waals surface area contributed by atoms with Crippen LogP contribution in [0.25, 0.3) is 21.8 Å². The number of rotatable bonds is 4. The van der Waals surface area contributed by atoms with Gasteiger partial charge in [-0.1, -0.05) is 36.4 Å². The van der Waals surface area contributed by atoms with Crippen LogP contribution in [0.5, 0.6) is 0 Å². The number of aryl methyl sites for hydroxylation is 1. The van der Waals surface area contributed by atoms with Crippen molar-refractivity contribution in [3.8, 4) is 6.07 Å². The van der Waals surface area contributed by atoms with Gasteiger partial charge in [-0.3, -0.25) is 0 Å². The molecule has 0 saturated carbocycles. The molecule has 0 aliphatic rings. The van der Waals surface area contributed by atoms with Gasteiger partial charge in [0.1, 0.15) is 0 Å². The topological polar surface area (TPSA) is 28.7 Å². The molecule has 1 aromatic heterocycles. The van der Waals surface area contributed by atoms with Gasteiger partial charge < -0.3 is 4.57 Å². The Morgan fingerprint density at radius 2 is 1.48 bits per heavy atom. The molecule has 0 spiro atoms. The van der Waals surface area contributed by atoms with E-state index < -0.39 is 0 Å². The van der Waals surface area contributed by atoms with Crippen molar-refractivity contribution < 1.29 is 0 Å². The largest absolute Gasteiger partial charge is 0.340 e. The molecule has 2 aromatic carbocycles. The highest BCUT2D eigenvalue weighted by atomic mass is 15.0. The molecule has 3 rings (SSSR count). The molecule has 0 N–H and O–H groups in total. The highest BCUT2D eigenvalue weighted by molar-refractivity contribution is 6.07. The normalized spacial score (nSPS) is 11.9. The van der Waals surface area contributed by atoms with Crippen LogP contribution in [0, 0.1) is 16.7 Å². The van der Waals surface area contributed by atoms with Crippen molar-refractivity contribution in [2.45, 2.75) is 33.2 Å². The van der Waals surface area contributed by atoms with E-state index in [1.165, 1.54) is 21.8 Å². The summed E-state index contributed by atoms with van der Waals surface area (Å²) in [6.45, 7) is 4.98. The fraction of sp³-hybridized carbons (Fsp3) is 0.316. The van der Waals surface area contributed by atoms with E-state index in [1.54, 1.807) is 0 Å². The molecule has 2 nitrogen and oxygen atoms in total. The summed E-state index contributed by atoms with van der Waals surface area (Å²) in [5.41, 5.74) is 2.33. The summed E-state index contributed by atoms with van der Waals surface area (Å²) in [4.78, 5) is 0. The lowest BCUT2D eigenvalue weighted by atomic mass is 9.90. The van der Waals surface area contributed by atoms with Gasteiger partial charge >= 0.3 is 0 Å². The van der Waals surface area contributed by atoms with Gasteiger partial charge in [0, 0.05) is 28.4 Å². The standard InChI is InChI=1S/C19H20N2/c1-19(2,14-20)12-7-13-21-17-10-5-3-8-15(17)16-9-4-6-11-18(16)21/h3-6,8-11H,7,12-13H2,1-2H3. The molecule has 21 heavy (non-hydrogen) atoms. The third-order valence-corrected chi connectivity index (χ3v) is 4.17. The monoisotopic (exact) mass is 276 g/mol. The maximum atomic E-state index is 9.14. The minimum atomic E-state index is -0.237. The van der Waals surface area contributed by atoms with Crippen molar-refractivity contribution in [1.82, 2.24) is 4.57 Å².